The van der Waals surface area contributed by atoms with Crippen LogP contribution in [0.3, 0.4) is 0 Å². The molecule has 4 nitrogen and oxygen atoms in total. The number of hydrogen-bond donors (Lipinski definition) is 1. The highest BCUT2D eigenvalue weighted by molar-refractivity contribution is 5.30. The van der Waals surface area contributed by atoms with Gasteiger partial charge in [0.05, 0.1) is 18.4 Å². The van der Waals surface area contributed by atoms with Gasteiger partial charge < -0.3 is 5.32 Å². The second kappa shape index (κ2) is 5.78. The summed E-state index contributed by atoms with van der Waals surface area (Å²) >= 11 is 0. The van der Waals surface area contributed by atoms with Crippen molar-refractivity contribution in [2.45, 2.75) is 33.9 Å². The molecule has 4 heteroatoms. The number of aromatic nitrogens is 3. The molecular formula is C14H20N4. The molecule has 0 saturated carbocycles. The van der Waals surface area contributed by atoms with Crippen LogP contribution in [0, 0.1) is 13.8 Å². The summed E-state index contributed by atoms with van der Waals surface area (Å²) in [4.78, 5) is 0. The summed E-state index contributed by atoms with van der Waals surface area (Å²) in [6.07, 6.45) is 2.00. The van der Waals surface area contributed by atoms with E-state index in [9.17, 15) is 0 Å². The van der Waals surface area contributed by atoms with Crippen molar-refractivity contribution in [1.82, 2.24) is 20.3 Å². The molecule has 2 rings (SSSR count). The first kappa shape index (κ1) is 12.8. The Kier molecular flexibility index (Phi) is 4.10. The molecule has 2 aromatic rings. The Balaban J connectivity index is 2.08. The average molecular weight is 244 g/mol. The van der Waals surface area contributed by atoms with Crippen LogP contribution in [0.2, 0.25) is 0 Å². The van der Waals surface area contributed by atoms with Crippen LogP contribution in [0.4, 0.5) is 0 Å². The Morgan fingerprint density at radius 2 is 2.11 bits per heavy atom. The summed E-state index contributed by atoms with van der Waals surface area (Å²) in [5.41, 5.74) is 4.87. The van der Waals surface area contributed by atoms with Gasteiger partial charge in [0, 0.05) is 6.54 Å². The summed E-state index contributed by atoms with van der Waals surface area (Å²) in [5.74, 6) is 0. The van der Waals surface area contributed by atoms with Crippen LogP contribution >= 0.6 is 0 Å². The standard InChI is InChI=1S/C14H20N4/c1-4-15-8-14-10-18(17-16-14)9-13-7-11(2)5-6-12(13)3/h5-7,10,15H,4,8-9H2,1-3H3. The van der Waals surface area contributed by atoms with Crippen molar-refractivity contribution >= 4 is 0 Å². The number of hydrogen-bond acceptors (Lipinski definition) is 3. The third-order valence-electron chi connectivity index (χ3n) is 2.98. The first-order chi connectivity index (χ1) is 8.69. The van der Waals surface area contributed by atoms with Crippen molar-refractivity contribution in [2.75, 3.05) is 6.54 Å². The van der Waals surface area contributed by atoms with Gasteiger partial charge in [0.15, 0.2) is 0 Å². The van der Waals surface area contributed by atoms with E-state index in [-0.39, 0.29) is 0 Å². The van der Waals surface area contributed by atoms with Gasteiger partial charge in [-0.25, -0.2) is 4.68 Å². The lowest BCUT2D eigenvalue weighted by molar-refractivity contribution is 0.645. The van der Waals surface area contributed by atoms with E-state index in [1.807, 2.05) is 10.9 Å². The van der Waals surface area contributed by atoms with Crippen molar-refractivity contribution in [3.8, 4) is 0 Å². The number of nitrogens with one attached hydrogen (secondary N) is 1. The van der Waals surface area contributed by atoms with Crippen LogP contribution in [0.5, 0.6) is 0 Å². The van der Waals surface area contributed by atoms with E-state index in [1.54, 1.807) is 0 Å². The molecule has 0 amide bonds. The minimum Gasteiger partial charge on any atom is -0.311 e. The van der Waals surface area contributed by atoms with Gasteiger partial charge in [0.1, 0.15) is 0 Å². The van der Waals surface area contributed by atoms with Crippen molar-refractivity contribution in [3.63, 3.8) is 0 Å². The molecule has 1 aromatic heterocycles. The summed E-state index contributed by atoms with van der Waals surface area (Å²) in [6.45, 7) is 8.84. The highest BCUT2D eigenvalue weighted by Gasteiger charge is 2.03. The zero-order valence-corrected chi connectivity index (χ0v) is 11.3. The highest BCUT2D eigenvalue weighted by atomic mass is 15.4. The Morgan fingerprint density at radius 1 is 1.28 bits per heavy atom. The SMILES string of the molecule is CCNCc1cn(Cc2cc(C)ccc2C)nn1. The molecule has 1 aromatic carbocycles. The fraction of sp³-hybridized carbons (Fsp3) is 0.429. The van der Waals surface area contributed by atoms with Gasteiger partial charge in [-0.1, -0.05) is 35.9 Å². The zero-order valence-electron chi connectivity index (χ0n) is 11.3. The minimum absolute atomic E-state index is 0.781. The summed E-state index contributed by atoms with van der Waals surface area (Å²) < 4.78 is 1.90. The number of aryl methyl sites for hydroxylation is 2. The van der Waals surface area contributed by atoms with Gasteiger partial charge in [-0.15, -0.1) is 5.10 Å². The van der Waals surface area contributed by atoms with Gasteiger partial charge >= 0.3 is 0 Å². The number of nitrogens with zero attached hydrogens (tertiary/aromatic N) is 3. The lowest BCUT2D eigenvalue weighted by Crippen LogP contribution is -2.11. The molecule has 0 aliphatic carbocycles. The Bertz CT molecular complexity index is 516. The molecule has 1 heterocycles. The molecule has 0 radical (unpaired) electrons. The van der Waals surface area contributed by atoms with Crippen molar-refractivity contribution < 1.29 is 0 Å². The van der Waals surface area contributed by atoms with Crippen molar-refractivity contribution in [3.05, 3.63) is 46.8 Å². The van der Waals surface area contributed by atoms with E-state index in [0.29, 0.717) is 0 Å². The Hall–Kier alpha value is -1.68. The molecule has 0 aliphatic heterocycles. The predicted octanol–water partition coefficient (Wildman–Crippen LogP) is 2.05. The molecule has 0 fully saturated rings. The normalized spacial score (nSPS) is 10.8. The van der Waals surface area contributed by atoms with E-state index in [4.69, 9.17) is 0 Å². The molecule has 0 atom stereocenters. The van der Waals surface area contributed by atoms with Gasteiger partial charge in [-0.2, -0.15) is 0 Å². The number of benzene rings is 1. The van der Waals surface area contributed by atoms with Gasteiger partial charge in [-0.3, -0.25) is 0 Å². The van der Waals surface area contributed by atoms with Gasteiger partial charge in [-0.05, 0) is 31.5 Å². The lowest BCUT2D eigenvalue weighted by Gasteiger charge is -2.06. The van der Waals surface area contributed by atoms with Crippen LogP contribution in [0.15, 0.2) is 24.4 Å². The Morgan fingerprint density at radius 3 is 2.89 bits per heavy atom. The highest BCUT2D eigenvalue weighted by Crippen LogP contribution is 2.12. The van der Waals surface area contributed by atoms with E-state index >= 15 is 0 Å². The minimum atomic E-state index is 0.781. The monoisotopic (exact) mass is 244 g/mol. The third-order valence-corrected chi connectivity index (χ3v) is 2.98. The molecule has 18 heavy (non-hydrogen) atoms. The van der Waals surface area contributed by atoms with E-state index < -0.39 is 0 Å². The third kappa shape index (κ3) is 3.17. The number of rotatable bonds is 5. The second-order valence-corrected chi connectivity index (χ2v) is 4.62. The first-order valence-corrected chi connectivity index (χ1v) is 6.35. The quantitative estimate of drug-likeness (QED) is 0.875. The fourth-order valence-electron chi connectivity index (χ4n) is 1.90. The largest absolute Gasteiger partial charge is 0.311 e. The van der Waals surface area contributed by atoms with Crippen LogP contribution in [0.25, 0.3) is 0 Å². The van der Waals surface area contributed by atoms with E-state index in [2.05, 4.69) is 54.6 Å². The molecule has 0 bridgehead atoms. The molecule has 96 valence electrons. The maximum absolute atomic E-state index is 4.16. The first-order valence-electron chi connectivity index (χ1n) is 6.35. The van der Waals surface area contributed by atoms with Gasteiger partial charge in [0.25, 0.3) is 0 Å². The average Bonchev–Trinajstić information content (AvgIpc) is 2.79. The second-order valence-electron chi connectivity index (χ2n) is 4.62. The fourth-order valence-corrected chi connectivity index (χ4v) is 1.90. The lowest BCUT2D eigenvalue weighted by atomic mass is 10.1. The maximum atomic E-state index is 4.16. The molecule has 0 saturated heterocycles. The smallest absolute Gasteiger partial charge is 0.0964 e. The molecule has 0 aliphatic rings. The molecule has 0 unspecified atom stereocenters. The summed E-state index contributed by atoms with van der Waals surface area (Å²) in [5, 5.41) is 11.6. The van der Waals surface area contributed by atoms with Crippen LogP contribution in [-0.2, 0) is 13.1 Å². The zero-order chi connectivity index (χ0) is 13.0. The van der Waals surface area contributed by atoms with E-state index in [1.165, 1.54) is 16.7 Å². The van der Waals surface area contributed by atoms with Crippen LogP contribution in [-0.4, -0.2) is 21.5 Å². The molecular weight excluding hydrogens is 224 g/mol. The van der Waals surface area contributed by atoms with Crippen molar-refractivity contribution in [1.29, 1.82) is 0 Å². The molecule has 1 N–H and O–H groups in total. The summed E-state index contributed by atoms with van der Waals surface area (Å²) in [7, 11) is 0. The summed E-state index contributed by atoms with van der Waals surface area (Å²) in [6, 6.07) is 6.50. The van der Waals surface area contributed by atoms with Crippen LogP contribution in [0.1, 0.15) is 29.3 Å². The van der Waals surface area contributed by atoms with Gasteiger partial charge in [0.2, 0.25) is 0 Å². The Labute approximate surface area is 108 Å². The maximum Gasteiger partial charge on any atom is 0.0964 e. The van der Waals surface area contributed by atoms with Crippen LogP contribution < -0.4 is 5.32 Å². The topological polar surface area (TPSA) is 42.7 Å². The molecule has 0 spiro atoms. The van der Waals surface area contributed by atoms with Crippen molar-refractivity contribution in [2.24, 2.45) is 0 Å². The van der Waals surface area contributed by atoms with E-state index in [0.717, 1.165) is 25.3 Å². The predicted molar refractivity (Wildman–Crippen MR) is 72.4 cm³/mol.